The van der Waals surface area contributed by atoms with E-state index < -0.39 is 0 Å². The fourth-order valence-corrected chi connectivity index (χ4v) is 4.97. The van der Waals surface area contributed by atoms with Crippen LogP contribution in [0.2, 0.25) is 0 Å². The zero-order valence-corrected chi connectivity index (χ0v) is 16.7. The molecule has 4 heteroatoms. The molecule has 2 aliphatic carbocycles. The van der Waals surface area contributed by atoms with Crippen molar-refractivity contribution in [3.8, 4) is 0 Å². The third-order valence-corrected chi connectivity index (χ3v) is 6.02. The van der Waals surface area contributed by atoms with Gasteiger partial charge in [-0.1, -0.05) is 38.5 Å². The second kappa shape index (κ2) is 11.5. The van der Waals surface area contributed by atoms with Crippen molar-refractivity contribution in [3.05, 3.63) is 0 Å². The van der Waals surface area contributed by atoms with Gasteiger partial charge in [-0.3, -0.25) is 9.80 Å². The average molecular weight is 355 g/mol. The van der Waals surface area contributed by atoms with E-state index in [1.807, 2.05) is 13.8 Å². The van der Waals surface area contributed by atoms with Gasteiger partial charge in [-0.05, 0) is 59.0 Å². The summed E-state index contributed by atoms with van der Waals surface area (Å²) in [7, 11) is 0. The van der Waals surface area contributed by atoms with Gasteiger partial charge >= 0.3 is 0 Å². The Morgan fingerprint density at radius 2 is 1.16 bits per heavy atom. The fraction of sp³-hybridized carbons (Fsp3) is 1.00. The summed E-state index contributed by atoms with van der Waals surface area (Å²) < 4.78 is 0. The van der Waals surface area contributed by atoms with Gasteiger partial charge in [0.05, 0.1) is 12.2 Å². The van der Waals surface area contributed by atoms with Crippen molar-refractivity contribution in [1.82, 2.24) is 9.80 Å². The molecule has 0 aliphatic heterocycles. The van der Waals surface area contributed by atoms with Crippen LogP contribution in [0, 0.1) is 0 Å². The van der Waals surface area contributed by atoms with E-state index in [4.69, 9.17) is 0 Å². The quantitative estimate of drug-likeness (QED) is 0.631. The maximum absolute atomic E-state index is 9.72. The van der Waals surface area contributed by atoms with Crippen molar-refractivity contribution >= 4 is 0 Å². The highest BCUT2D eigenvalue weighted by molar-refractivity contribution is 4.84. The van der Waals surface area contributed by atoms with E-state index in [2.05, 4.69) is 9.80 Å². The molecule has 2 fully saturated rings. The lowest BCUT2D eigenvalue weighted by Crippen LogP contribution is -2.46. The van der Waals surface area contributed by atoms with Gasteiger partial charge < -0.3 is 10.2 Å². The highest BCUT2D eigenvalue weighted by Crippen LogP contribution is 2.30. The first-order valence-electron chi connectivity index (χ1n) is 10.9. The molecule has 2 atom stereocenters. The standard InChI is InChI=1S/C21H42N2O2/c1-18(24)16-22(17-19(2)25)14-9-15-23(20-10-5-3-6-11-20)21-12-7-4-8-13-21/h18-21,24-25H,3-17H2,1-2H3. The summed E-state index contributed by atoms with van der Waals surface area (Å²) in [4.78, 5) is 5.09. The maximum Gasteiger partial charge on any atom is 0.0639 e. The van der Waals surface area contributed by atoms with Crippen LogP contribution in [0.1, 0.15) is 84.5 Å². The van der Waals surface area contributed by atoms with Crippen LogP contribution < -0.4 is 0 Å². The van der Waals surface area contributed by atoms with E-state index in [9.17, 15) is 10.2 Å². The third kappa shape index (κ3) is 7.94. The van der Waals surface area contributed by atoms with Crippen molar-refractivity contribution in [3.63, 3.8) is 0 Å². The molecule has 2 N–H and O–H groups in total. The van der Waals surface area contributed by atoms with Gasteiger partial charge in [0, 0.05) is 25.2 Å². The highest BCUT2D eigenvalue weighted by atomic mass is 16.3. The van der Waals surface area contributed by atoms with E-state index in [1.54, 1.807) is 0 Å². The largest absolute Gasteiger partial charge is 0.392 e. The van der Waals surface area contributed by atoms with E-state index in [1.165, 1.54) is 70.8 Å². The maximum atomic E-state index is 9.72. The molecule has 0 aromatic carbocycles. The van der Waals surface area contributed by atoms with Crippen LogP contribution >= 0.6 is 0 Å². The van der Waals surface area contributed by atoms with Gasteiger partial charge in [-0.2, -0.15) is 0 Å². The predicted octanol–water partition coefficient (Wildman–Crippen LogP) is 3.41. The van der Waals surface area contributed by atoms with Gasteiger partial charge in [0.15, 0.2) is 0 Å². The SMILES string of the molecule is CC(O)CN(CCCN(C1CCCCC1)C1CCCCC1)CC(C)O. The lowest BCUT2D eigenvalue weighted by molar-refractivity contribution is 0.0608. The molecule has 148 valence electrons. The smallest absolute Gasteiger partial charge is 0.0639 e. The van der Waals surface area contributed by atoms with Crippen LogP contribution in [-0.2, 0) is 0 Å². The van der Waals surface area contributed by atoms with Crippen molar-refractivity contribution in [2.45, 2.75) is 109 Å². The van der Waals surface area contributed by atoms with Gasteiger partial charge in [0.25, 0.3) is 0 Å². The molecular formula is C21H42N2O2. The Morgan fingerprint density at radius 1 is 0.720 bits per heavy atom. The lowest BCUT2D eigenvalue weighted by Gasteiger charge is -2.42. The summed E-state index contributed by atoms with van der Waals surface area (Å²) >= 11 is 0. The first kappa shape index (κ1) is 21.1. The monoisotopic (exact) mass is 354 g/mol. The molecule has 0 bridgehead atoms. The minimum atomic E-state index is -0.327. The van der Waals surface area contributed by atoms with Gasteiger partial charge in [-0.25, -0.2) is 0 Å². The lowest BCUT2D eigenvalue weighted by atomic mass is 9.88. The van der Waals surface area contributed by atoms with Crippen molar-refractivity contribution in [1.29, 1.82) is 0 Å². The molecule has 4 nitrogen and oxygen atoms in total. The molecule has 0 radical (unpaired) electrons. The molecule has 0 heterocycles. The second-order valence-corrected chi connectivity index (χ2v) is 8.63. The number of aliphatic hydroxyl groups is 2. The average Bonchev–Trinajstić information content (AvgIpc) is 2.59. The predicted molar refractivity (Wildman–Crippen MR) is 105 cm³/mol. The van der Waals surface area contributed by atoms with Gasteiger partial charge in [0.1, 0.15) is 0 Å². The van der Waals surface area contributed by atoms with E-state index >= 15 is 0 Å². The minimum absolute atomic E-state index is 0.327. The third-order valence-electron chi connectivity index (χ3n) is 6.02. The summed E-state index contributed by atoms with van der Waals surface area (Å²) in [6, 6.07) is 1.61. The molecule has 2 rings (SSSR count). The number of hydrogen-bond donors (Lipinski definition) is 2. The van der Waals surface area contributed by atoms with Crippen LogP contribution in [0.4, 0.5) is 0 Å². The van der Waals surface area contributed by atoms with Crippen molar-refractivity contribution < 1.29 is 10.2 Å². The molecule has 0 saturated heterocycles. The van der Waals surface area contributed by atoms with E-state index in [0.717, 1.165) is 25.0 Å². The first-order chi connectivity index (χ1) is 12.1. The Bertz CT molecular complexity index is 309. The number of aliphatic hydroxyl groups excluding tert-OH is 2. The minimum Gasteiger partial charge on any atom is -0.392 e. The summed E-state index contributed by atoms with van der Waals surface area (Å²) in [6.45, 7) is 7.17. The Labute approximate surface area is 155 Å². The number of hydrogen-bond acceptors (Lipinski definition) is 4. The molecule has 0 aromatic rings. The Morgan fingerprint density at radius 3 is 1.56 bits per heavy atom. The fourth-order valence-electron chi connectivity index (χ4n) is 4.97. The van der Waals surface area contributed by atoms with Crippen molar-refractivity contribution in [2.24, 2.45) is 0 Å². The van der Waals surface area contributed by atoms with Crippen LogP contribution in [0.15, 0.2) is 0 Å². The molecule has 2 aliphatic rings. The van der Waals surface area contributed by atoms with Crippen LogP contribution in [0.5, 0.6) is 0 Å². The normalized spacial score (nSPS) is 23.3. The summed E-state index contributed by atoms with van der Waals surface area (Å²) in [5.74, 6) is 0. The van der Waals surface area contributed by atoms with E-state index in [-0.39, 0.29) is 12.2 Å². The Kier molecular flexibility index (Phi) is 9.75. The second-order valence-electron chi connectivity index (χ2n) is 8.63. The molecule has 0 spiro atoms. The molecule has 25 heavy (non-hydrogen) atoms. The van der Waals surface area contributed by atoms with Gasteiger partial charge in [0.2, 0.25) is 0 Å². The molecule has 2 saturated carbocycles. The van der Waals surface area contributed by atoms with E-state index in [0.29, 0.717) is 13.1 Å². The molecule has 2 unspecified atom stereocenters. The molecule has 0 aromatic heterocycles. The number of nitrogens with zero attached hydrogens (tertiary/aromatic N) is 2. The van der Waals surface area contributed by atoms with Crippen LogP contribution in [0.3, 0.4) is 0 Å². The summed E-state index contributed by atoms with van der Waals surface area (Å²) in [5, 5.41) is 19.4. The van der Waals surface area contributed by atoms with Crippen LogP contribution in [0.25, 0.3) is 0 Å². The zero-order valence-electron chi connectivity index (χ0n) is 16.7. The topological polar surface area (TPSA) is 46.9 Å². The first-order valence-corrected chi connectivity index (χ1v) is 10.9. The van der Waals surface area contributed by atoms with Gasteiger partial charge in [-0.15, -0.1) is 0 Å². The molecular weight excluding hydrogens is 312 g/mol. The highest BCUT2D eigenvalue weighted by Gasteiger charge is 2.28. The van der Waals surface area contributed by atoms with Crippen LogP contribution in [-0.4, -0.2) is 70.5 Å². The zero-order chi connectivity index (χ0) is 18.1. The summed E-state index contributed by atoms with van der Waals surface area (Å²) in [6.07, 6.45) is 14.5. The Balaban J connectivity index is 1.86. The summed E-state index contributed by atoms with van der Waals surface area (Å²) in [5.41, 5.74) is 0. The van der Waals surface area contributed by atoms with Crippen molar-refractivity contribution in [2.75, 3.05) is 26.2 Å². The Hall–Kier alpha value is -0.160. The number of rotatable bonds is 10. The molecule has 0 amide bonds.